The quantitative estimate of drug-likeness (QED) is 0.831. The van der Waals surface area contributed by atoms with Crippen LogP contribution in [0.2, 0.25) is 10.0 Å². The van der Waals surface area contributed by atoms with Crippen LogP contribution in [-0.2, 0) is 9.59 Å². The molecule has 1 aliphatic heterocycles. The van der Waals surface area contributed by atoms with E-state index in [1.807, 2.05) is 32.6 Å². The molecule has 4 nitrogen and oxygen atoms in total. The molecule has 0 atom stereocenters. The number of carbonyl (C=O) groups is 2. The van der Waals surface area contributed by atoms with Gasteiger partial charge in [0.25, 0.3) is 0 Å². The number of anilines is 1. The lowest BCUT2D eigenvalue weighted by Crippen LogP contribution is -2.45. The van der Waals surface area contributed by atoms with E-state index in [1.165, 1.54) is 0 Å². The normalized spacial score (nSPS) is 16.2. The van der Waals surface area contributed by atoms with Crippen LogP contribution in [-0.4, -0.2) is 29.8 Å². The van der Waals surface area contributed by atoms with E-state index in [1.54, 1.807) is 12.1 Å². The first-order valence-electron chi connectivity index (χ1n) is 8.15. The number of nitrogens with one attached hydrogen (secondary N) is 1. The lowest BCUT2D eigenvalue weighted by atomic mass is 9.90. The smallest absolute Gasteiger partial charge is 0.227 e. The molecule has 0 aromatic heterocycles. The zero-order valence-corrected chi connectivity index (χ0v) is 16.1. The summed E-state index contributed by atoms with van der Waals surface area (Å²) in [5.41, 5.74) is 1.02. The highest BCUT2D eigenvalue weighted by Gasteiger charge is 2.32. The second-order valence-electron chi connectivity index (χ2n) is 7.37. The number of nitrogens with zero attached hydrogens (tertiary/aromatic N) is 1. The molecule has 0 saturated carbocycles. The lowest BCUT2D eigenvalue weighted by molar-refractivity contribution is -0.142. The first-order chi connectivity index (χ1) is 11.1. The molecule has 0 spiro atoms. The molecule has 1 fully saturated rings. The number of hydrogen-bond acceptors (Lipinski definition) is 2. The van der Waals surface area contributed by atoms with Crippen LogP contribution in [0, 0.1) is 18.3 Å². The average Bonchev–Trinajstić information content (AvgIpc) is 2.51. The minimum atomic E-state index is -0.384. The van der Waals surface area contributed by atoms with Crippen LogP contribution >= 0.6 is 23.2 Å². The van der Waals surface area contributed by atoms with Gasteiger partial charge in [-0.3, -0.25) is 9.59 Å². The summed E-state index contributed by atoms with van der Waals surface area (Å²) in [5, 5.41) is 3.95. The summed E-state index contributed by atoms with van der Waals surface area (Å²) in [6, 6.07) is 3.41. The Kier molecular flexibility index (Phi) is 5.82. The third kappa shape index (κ3) is 4.42. The van der Waals surface area contributed by atoms with Crippen LogP contribution in [0.25, 0.3) is 0 Å². The molecule has 0 unspecified atom stereocenters. The van der Waals surface area contributed by atoms with Gasteiger partial charge in [-0.25, -0.2) is 0 Å². The van der Waals surface area contributed by atoms with E-state index in [-0.39, 0.29) is 23.1 Å². The predicted octanol–water partition coefficient (Wildman–Crippen LogP) is 4.53. The molecule has 1 aliphatic rings. The van der Waals surface area contributed by atoms with Crippen molar-refractivity contribution in [3.8, 4) is 0 Å². The van der Waals surface area contributed by atoms with Crippen LogP contribution in [0.1, 0.15) is 39.2 Å². The van der Waals surface area contributed by atoms with E-state index in [9.17, 15) is 9.59 Å². The number of benzene rings is 1. The molecule has 6 heteroatoms. The summed E-state index contributed by atoms with van der Waals surface area (Å²) in [6.45, 7) is 8.81. The summed E-state index contributed by atoms with van der Waals surface area (Å²) < 4.78 is 0. The summed E-state index contributed by atoms with van der Waals surface area (Å²) in [7, 11) is 0. The molecule has 132 valence electrons. The van der Waals surface area contributed by atoms with E-state index < -0.39 is 0 Å². The van der Waals surface area contributed by atoms with E-state index in [4.69, 9.17) is 23.2 Å². The number of piperidine rings is 1. The van der Waals surface area contributed by atoms with Crippen molar-refractivity contribution in [2.75, 3.05) is 18.4 Å². The van der Waals surface area contributed by atoms with Gasteiger partial charge in [-0.2, -0.15) is 0 Å². The lowest BCUT2D eigenvalue weighted by Gasteiger charge is -2.35. The minimum absolute atomic E-state index is 0.0474. The molecule has 2 amide bonds. The zero-order chi connectivity index (χ0) is 18.1. The predicted molar refractivity (Wildman–Crippen MR) is 98.6 cm³/mol. The molecule has 1 N–H and O–H groups in total. The summed E-state index contributed by atoms with van der Waals surface area (Å²) in [5.74, 6) is -0.0137. The Morgan fingerprint density at radius 2 is 1.62 bits per heavy atom. The second kappa shape index (κ2) is 7.32. The Hall–Kier alpha value is -1.26. The highest BCUT2D eigenvalue weighted by atomic mass is 35.5. The van der Waals surface area contributed by atoms with Gasteiger partial charge in [0.1, 0.15) is 0 Å². The third-order valence-electron chi connectivity index (χ3n) is 4.34. The summed E-state index contributed by atoms with van der Waals surface area (Å²) >= 11 is 12.2. The number of hydrogen-bond donors (Lipinski definition) is 1. The molecule has 1 aromatic rings. The second-order valence-corrected chi connectivity index (χ2v) is 8.19. The van der Waals surface area contributed by atoms with E-state index >= 15 is 0 Å². The molecule has 0 bridgehead atoms. The Bertz CT molecular complexity index is 622. The molecule has 2 rings (SSSR count). The van der Waals surface area contributed by atoms with E-state index in [0.29, 0.717) is 41.7 Å². The highest BCUT2D eigenvalue weighted by molar-refractivity contribution is 6.36. The van der Waals surface area contributed by atoms with Gasteiger partial charge in [0.15, 0.2) is 0 Å². The van der Waals surface area contributed by atoms with Crippen molar-refractivity contribution in [1.82, 2.24) is 4.90 Å². The number of likely N-dealkylation sites (tertiary alicyclic amines) is 1. The van der Waals surface area contributed by atoms with Crippen molar-refractivity contribution in [3.05, 3.63) is 27.7 Å². The Morgan fingerprint density at radius 1 is 1.12 bits per heavy atom. The zero-order valence-electron chi connectivity index (χ0n) is 14.6. The number of halogens is 2. The fraction of sp³-hybridized carbons (Fsp3) is 0.556. The largest absolute Gasteiger partial charge is 0.342 e. The van der Waals surface area contributed by atoms with Crippen molar-refractivity contribution in [1.29, 1.82) is 0 Å². The fourth-order valence-corrected chi connectivity index (χ4v) is 3.27. The van der Waals surface area contributed by atoms with Crippen LogP contribution in [0.15, 0.2) is 12.1 Å². The van der Waals surface area contributed by atoms with Crippen LogP contribution in [0.3, 0.4) is 0 Å². The van der Waals surface area contributed by atoms with Crippen LogP contribution < -0.4 is 5.32 Å². The fourth-order valence-electron chi connectivity index (χ4n) is 2.78. The number of amides is 2. The average molecular weight is 371 g/mol. The Morgan fingerprint density at radius 3 is 2.08 bits per heavy atom. The molecule has 1 saturated heterocycles. The van der Waals surface area contributed by atoms with Crippen molar-refractivity contribution >= 4 is 40.7 Å². The molecule has 24 heavy (non-hydrogen) atoms. The third-order valence-corrected chi connectivity index (χ3v) is 5.13. The van der Waals surface area contributed by atoms with Crippen LogP contribution in [0.5, 0.6) is 0 Å². The maximum Gasteiger partial charge on any atom is 0.227 e. The molecule has 1 aromatic carbocycles. The maximum absolute atomic E-state index is 12.4. The van der Waals surface area contributed by atoms with Crippen molar-refractivity contribution in [2.45, 2.75) is 40.5 Å². The molecular weight excluding hydrogens is 347 g/mol. The Balaban J connectivity index is 1.95. The summed E-state index contributed by atoms with van der Waals surface area (Å²) in [6.07, 6.45) is 1.34. The minimum Gasteiger partial charge on any atom is -0.342 e. The molecule has 0 aliphatic carbocycles. The number of rotatable bonds is 2. The Labute approximate surface area is 153 Å². The van der Waals surface area contributed by atoms with Crippen molar-refractivity contribution in [3.63, 3.8) is 0 Å². The van der Waals surface area contributed by atoms with Gasteiger partial charge in [-0.15, -0.1) is 0 Å². The van der Waals surface area contributed by atoms with Crippen molar-refractivity contribution in [2.24, 2.45) is 11.3 Å². The molecule has 1 heterocycles. The first-order valence-corrected chi connectivity index (χ1v) is 8.91. The summed E-state index contributed by atoms with van der Waals surface area (Å²) in [4.78, 5) is 26.6. The monoisotopic (exact) mass is 370 g/mol. The standard InChI is InChI=1S/C18H24Cl2N2O2/c1-11-14(19)9-13(10-15(11)20)21-16(23)12-5-7-22(8-6-12)17(24)18(2,3)4/h9-10,12H,5-8H2,1-4H3,(H,21,23). The van der Waals surface area contributed by atoms with Gasteiger partial charge < -0.3 is 10.2 Å². The van der Waals surface area contributed by atoms with Gasteiger partial charge in [0, 0.05) is 40.2 Å². The maximum atomic E-state index is 12.4. The van der Waals surface area contributed by atoms with E-state index in [2.05, 4.69) is 5.32 Å². The first kappa shape index (κ1) is 19.1. The topological polar surface area (TPSA) is 49.4 Å². The molecular formula is C18H24Cl2N2O2. The van der Waals surface area contributed by atoms with Gasteiger partial charge in [0.2, 0.25) is 11.8 Å². The van der Waals surface area contributed by atoms with Crippen LogP contribution in [0.4, 0.5) is 5.69 Å². The number of carbonyl (C=O) groups excluding carboxylic acids is 2. The van der Waals surface area contributed by atoms with Gasteiger partial charge in [0.05, 0.1) is 0 Å². The van der Waals surface area contributed by atoms with E-state index in [0.717, 1.165) is 5.56 Å². The van der Waals surface area contributed by atoms with Crippen molar-refractivity contribution < 1.29 is 9.59 Å². The van der Waals surface area contributed by atoms with Gasteiger partial charge >= 0.3 is 0 Å². The molecule has 0 radical (unpaired) electrons. The van der Waals surface area contributed by atoms with Gasteiger partial charge in [-0.1, -0.05) is 44.0 Å². The highest BCUT2D eigenvalue weighted by Crippen LogP contribution is 2.29. The SMILES string of the molecule is Cc1c(Cl)cc(NC(=O)C2CCN(C(=O)C(C)(C)C)CC2)cc1Cl. The van der Waals surface area contributed by atoms with Gasteiger partial charge in [-0.05, 0) is 37.5 Å².